The zero-order chi connectivity index (χ0) is 16.7. The third-order valence-corrected chi connectivity index (χ3v) is 4.49. The van der Waals surface area contributed by atoms with Crippen LogP contribution in [0.25, 0.3) is 0 Å². The maximum atomic E-state index is 12.0. The second kappa shape index (κ2) is 8.53. The summed E-state index contributed by atoms with van der Waals surface area (Å²) in [7, 11) is 0. The van der Waals surface area contributed by atoms with E-state index >= 15 is 0 Å². The van der Waals surface area contributed by atoms with Gasteiger partial charge in [0.2, 0.25) is 5.91 Å². The van der Waals surface area contributed by atoms with E-state index in [-0.39, 0.29) is 5.91 Å². The molecule has 0 saturated carbocycles. The number of rotatable bonds is 8. The van der Waals surface area contributed by atoms with Crippen LogP contribution in [0.4, 0.5) is 0 Å². The summed E-state index contributed by atoms with van der Waals surface area (Å²) in [6, 6.07) is 8.22. The van der Waals surface area contributed by atoms with Gasteiger partial charge in [-0.2, -0.15) is 0 Å². The van der Waals surface area contributed by atoms with E-state index in [1.165, 1.54) is 22.9 Å². The minimum Gasteiger partial charge on any atom is -0.355 e. The standard InChI is InChI=1S/C17H22N4OS/c1-4-11-21-14(3)19-20-17(21)23-12-16(22)18-10-9-15-8-6-5-7-13(15)2/h4-8H,1,9-12H2,2-3H3,(H,18,22). The lowest BCUT2D eigenvalue weighted by molar-refractivity contribution is -0.118. The SMILES string of the molecule is C=CCn1c(C)nnc1SCC(=O)NCCc1ccccc1C. The summed E-state index contributed by atoms with van der Waals surface area (Å²) in [4.78, 5) is 12.0. The lowest BCUT2D eigenvalue weighted by Crippen LogP contribution is -2.27. The number of thioether (sulfide) groups is 1. The van der Waals surface area contributed by atoms with Crippen molar-refractivity contribution in [1.29, 1.82) is 0 Å². The molecule has 0 saturated heterocycles. The topological polar surface area (TPSA) is 59.8 Å². The Morgan fingerprint density at radius 2 is 2.13 bits per heavy atom. The largest absolute Gasteiger partial charge is 0.355 e. The van der Waals surface area contributed by atoms with Gasteiger partial charge in [-0.15, -0.1) is 16.8 Å². The summed E-state index contributed by atoms with van der Waals surface area (Å²) in [6.07, 6.45) is 2.64. The van der Waals surface area contributed by atoms with Gasteiger partial charge in [-0.25, -0.2) is 0 Å². The van der Waals surface area contributed by atoms with Gasteiger partial charge >= 0.3 is 0 Å². The van der Waals surface area contributed by atoms with E-state index in [1.54, 1.807) is 6.08 Å². The molecule has 0 fully saturated rings. The van der Waals surface area contributed by atoms with E-state index in [9.17, 15) is 4.79 Å². The summed E-state index contributed by atoms with van der Waals surface area (Å²) in [5, 5.41) is 11.8. The van der Waals surface area contributed by atoms with Crippen LogP contribution in [-0.4, -0.2) is 33.0 Å². The molecule has 23 heavy (non-hydrogen) atoms. The van der Waals surface area contributed by atoms with Gasteiger partial charge in [-0.3, -0.25) is 4.79 Å². The average molecular weight is 330 g/mol. The van der Waals surface area contributed by atoms with E-state index in [2.05, 4.69) is 41.1 Å². The van der Waals surface area contributed by atoms with Gasteiger partial charge in [-0.05, 0) is 31.4 Å². The molecule has 0 bridgehead atoms. The first-order valence-electron chi connectivity index (χ1n) is 7.56. The van der Waals surface area contributed by atoms with Crippen molar-refractivity contribution in [2.75, 3.05) is 12.3 Å². The molecule has 1 amide bonds. The average Bonchev–Trinajstić information content (AvgIpc) is 2.88. The summed E-state index contributed by atoms with van der Waals surface area (Å²) in [6.45, 7) is 8.99. The fourth-order valence-corrected chi connectivity index (χ4v) is 3.04. The highest BCUT2D eigenvalue weighted by Crippen LogP contribution is 2.16. The van der Waals surface area contributed by atoms with Crippen molar-refractivity contribution in [3.05, 3.63) is 53.9 Å². The summed E-state index contributed by atoms with van der Waals surface area (Å²) in [5.41, 5.74) is 2.52. The van der Waals surface area contributed by atoms with Gasteiger partial charge < -0.3 is 9.88 Å². The molecule has 0 unspecified atom stereocenters. The number of hydrogen-bond acceptors (Lipinski definition) is 4. The normalized spacial score (nSPS) is 10.5. The quantitative estimate of drug-likeness (QED) is 0.597. The Morgan fingerprint density at radius 1 is 1.35 bits per heavy atom. The maximum Gasteiger partial charge on any atom is 0.230 e. The van der Waals surface area contributed by atoms with Crippen molar-refractivity contribution in [3.63, 3.8) is 0 Å². The molecule has 0 aliphatic heterocycles. The number of carbonyl (C=O) groups excluding carboxylic acids is 1. The predicted molar refractivity (Wildman–Crippen MR) is 93.6 cm³/mol. The van der Waals surface area contributed by atoms with Crippen LogP contribution in [0.1, 0.15) is 17.0 Å². The highest BCUT2D eigenvalue weighted by atomic mass is 32.2. The third-order valence-electron chi connectivity index (χ3n) is 3.52. The van der Waals surface area contributed by atoms with Crippen molar-refractivity contribution >= 4 is 17.7 Å². The molecule has 0 aliphatic rings. The van der Waals surface area contributed by atoms with E-state index in [1.807, 2.05) is 23.6 Å². The lowest BCUT2D eigenvalue weighted by atomic mass is 10.1. The number of benzene rings is 1. The molecule has 1 aromatic heterocycles. The van der Waals surface area contributed by atoms with Gasteiger partial charge in [0.05, 0.1) is 5.75 Å². The molecule has 2 rings (SSSR count). The molecule has 2 aromatic rings. The number of nitrogens with one attached hydrogen (secondary N) is 1. The summed E-state index contributed by atoms with van der Waals surface area (Å²) >= 11 is 1.39. The van der Waals surface area contributed by atoms with Crippen LogP contribution in [0, 0.1) is 13.8 Å². The van der Waals surface area contributed by atoms with Crippen molar-refractivity contribution in [2.45, 2.75) is 32.0 Å². The Morgan fingerprint density at radius 3 is 2.87 bits per heavy atom. The van der Waals surface area contributed by atoms with Gasteiger partial charge in [0.25, 0.3) is 0 Å². The molecule has 1 aromatic carbocycles. The molecular weight excluding hydrogens is 308 g/mol. The maximum absolute atomic E-state index is 12.0. The Bertz CT molecular complexity index is 681. The number of aromatic nitrogens is 3. The Labute approximate surface area is 141 Å². The van der Waals surface area contributed by atoms with E-state index in [0.717, 1.165) is 17.4 Å². The zero-order valence-electron chi connectivity index (χ0n) is 13.6. The van der Waals surface area contributed by atoms with Gasteiger partial charge in [0, 0.05) is 13.1 Å². The predicted octanol–water partition coefficient (Wildman–Crippen LogP) is 2.53. The fourth-order valence-electron chi connectivity index (χ4n) is 2.22. The molecule has 6 heteroatoms. The number of hydrogen-bond donors (Lipinski definition) is 1. The molecule has 122 valence electrons. The number of amides is 1. The summed E-state index contributed by atoms with van der Waals surface area (Å²) < 4.78 is 1.94. The Kier molecular flexibility index (Phi) is 6.40. The number of aryl methyl sites for hydroxylation is 2. The highest BCUT2D eigenvalue weighted by Gasteiger charge is 2.10. The lowest BCUT2D eigenvalue weighted by Gasteiger charge is -2.08. The van der Waals surface area contributed by atoms with Crippen LogP contribution < -0.4 is 5.32 Å². The molecule has 0 atom stereocenters. The van der Waals surface area contributed by atoms with Crippen LogP contribution in [0.15, 0.2) is 42.1 Å². The fraction of sp³-hybridized carbons (Fsp3) is 0.353. The van der Waals surface area contributed by atoms with Crippen LogP contribution in [0.3, 0.4) is 0 Å². The van der Waals surface area contributed by atoms with Gasteiger partial charge in [0.15, 0.2) is 5.16 Å². The van der Waals surface area contributed by atoms with Gasteiger partial charge in [0.1, 0.15) is 5.82 Å². The van der Waals surface area contributed by atoms with Crippen molar-refractivity contribution in [2.24, 2.45) is 0 Å². The Balaban J connectivity index is 1.77. The first kappa shape index (κ1) is 17.3. The molecule has 0 aliphatic carbocycles. The van der Waals surface area contributed by atoms with Crippen molar-refractivity contribution < 1.29 is 4.79 Å². The molecule has 1 heterocycles. The molecule has 1 N–H and O–H groups in total. The molecule has 0 spiro atoms. The van der Waals surface area contributed by atoms with Crippen LogP contribution in [0.2, 0.25) is 0 Å². The van der Waals surface area contributed by atoms with Crippen molar-refractivity contribution in [3.8, 4) is 0 Å². The third kappa shape index (κ3) is 4.96. The number of allylic oxidation sites excluding steroid dienone is 1. The second-order valence-corrected chi connectivity index (χ2v) is 6.19. The number of nitrogens with zero attached hydrogens (tertiary/aromatic N) is 3. The molecule has 5 nitrogen and oxygen atoms in total. The highest BCUT2D eigenvalue weighted by molar-refractivity contribution is 7.99. The molecule has 0 radical (unpaired) electrons. The van der Waals surface area contributed by atoms with E-state index in [4.69, 9.17) is 0 Å². The second-order valence-electron chi connectivity index (χ2n) is 5.24. The number of carbonyl (C=O) groups is 1. The summed E-state index contributed by atoms with van der Waals surface area (Å²) in [5.74, 6) is 1.17. The van der Waals surface area contributed by atoms with Crippen LogP contribution >= 0.6 is 11.8 Å². The minimum absolute atomic E-state index is 0.00869. The first-order valence-corrected chi connectivity index (χ1v) is 8.55. The zero-order valence-corrected chi connectivity index (χ0v) is 14.4. The van der Waals surface area contributed by atoms with Crippen LogP contribution in [0.5, 0.6) is 0 Å². The Hall–Kier alpha value is -2.08. The van der Waals surface area contributed by atoms with Crippen molar-refractivity contribution in [1.82, 2.24) is 20.1 Å². The smallest absolute Gasteiger partial charge is 0.230 e. The van der Waals surface area contributed by atoms with Gasteiger partial charge in [-0.1, -0.05) is 42.1 Å². The van der Waals surface area contributed by atoms with Crippen LogP contribution in [-0.2, 0) is 17.8 Å². The van der Waals surface area contributed by atoms with E-state index in [0.29, 0.717) is 18.8 Å². The first-order chi connectivity index (χ1) is 11.1. The monoisotopic (exact) mass is 330 g/mol. The van der Waals surface area contributed by atoms with E-state index < -0.39 is 0 Å². The minimum atomic E-state index is 0.00869. The molecular formula is C17H22N4OS.